The van der Waals surface area contributed by atoms with Gasteiger partial charge in [0.15, 0.2) is 0 Å². The average molecular weight is 418 g/mol. The van der Waals surface area contributed by atoms with Gasteiger partial charge in [0.2, 0.25) is 5.91 Å². The number of para-hydroxylation sites is 1. The van der Waals surface area contributed by atoms with Crippen LogP contribution in [0.5, 0.6) is 0 Å². The van der Waals surface area contributed by atoms with Crippen molar-refractivity contribution < 1.29 is 4.79 Å². The molecule has 1 fully saturated rings. The Bertz CT molecular complexity index is 1140. The Balaban J connectivity index is 1.88. The van der Waals surface area contributed by atoms with Crippen LogP contribution in [0.4, 0.5) is 11.4 Å². The van der Waals surface area contributed by atoms with E-state index >= 15 is 0 Å². The molecule has 0 unspecified atom stereocenters. The van der Waals surface area contributed by atoms with Gasteiger partial charge >= 0.3 is 0 Å². The molecule has 1 aliphatic rings. The van der Waals surface area contributed by atoms with Crippen LogP contribution in [0.3, 0.4) is 0 Å². The number of pyridine rings is 1. The number of benzene rings is 2. The molecule has 31 heavy (non-hydrogen) atoms. The largest absolute Gasteiger partial charge is 0.371 e. The molecule has 1 saturated heterocycles. The van der Waals surface area contributed by atoms with Crippen molar-refractivity contribution in [2.75, 3.05) is 29.9 Å². The van der Waals surface area contributed by atoms with Crippen molar-refractivity contribution in [2.45, 2.75) is 39.0 Å². The van der Waals surface area contributed by atoms with E-state index < -0.39 is 0 Å². The van der Waals surface area contributed by atoms with E-state index in [-0.39, 0.29) is 17.9 Å². The van der Waals surface area contributed by atoms with Gasteiger partial charge in [-0.15, -0.1) is 0 Å². The molecule has 1 aromatic heterocycles. The van der Waals surface area contributed by atoms with Crippen LogP contribution in [0.15, 0.2) is 53.3 Å². The fraction of sp³-hybridized carbons (Fsp3) is 0.385. The third kappa shape index (κ3) is 3.97. The summed E-state index contributed by atoms with van der Waals surface area (Å²) in [6, 6.07) is 15.8. The summed E-state index contributed by atoms with van der Waals surface area (Å²) in [6.07, 6.45) is 4.42. The van der Waals surface area contributed by atoms with Gasteiger partial charge in [0.05, 0.1) is 23.2 Å². The maximum Gasteiger partial charge on any atom is 0.256 e. The van der Waals surface area contributed by atoms with Crippen molar-refractivity contribution >= 4 is 28.2 Å². The SMILES string of the molecule is CCc1cccc2c1c(N1CCCCC1)c(CC(=O)N(C)c1ccccc1)c(=O)n2C. The first-order chi connectivity index (χ1) is 15.0. The lowest BCUT2D eigenvalue weighted by molar-refractivity contribution is -0.117. The van der Waals surface area contributed by atoms with Gasteiger partial charge in [-0.25, -0.2) is 0 Å². The summed E-state index contributed by atoms with van der Waals surface area (Å²) in [5.41, 5.74) is 4.52. The molecule has 2 heterocycles. The van der Waals surface area contributed by atoms with Gasteiger partial charge < -0.3 is 14.4 Å². The first-order valence-electron chi connectivity index (χ1n) is 11.2. The van der Waals surface area contributed by atoms with Crippen LogP contribution in [0.25, 0.3) is 10.9 Å². The predicted octanol–water partition coefficient (Wildman–Crippen LogP) is 4.30. The molecule has 1 amide bonds. The van der Waals surface area contributed by atoms with E-state index in [1.807, 2.05) is 49.5 Å². The summed E-state index contributed by atoms with van der Waals surface area (Å²) in [5.74, 6) is -0.0742. The molecular formula is C26H31N3O2. The normalized spacial score (nSPS) is 14.1. The number of piperidine rings is 1. The zero-order valence-corrected chi connectivity index (χ0v) is 18.7. The monoisotopic (exact) mass is 417 g/mol. The highest BCUT2D eigenvalue weighted by Crippen LogP contribution is 2.34. The zero-order chi connectivity index (χ0) is 22.0. The molecule has 1 aliphatic heterocycles. The van der Waals surface area contributed by atoms with E-state index in [1.165, 1.54) is 12.0 Å². The van der Waals surface area contributed by atoms with E-state index in [2.05, 4.69) is 17.9 Å². The number of carbonyl (C=O) groups excluding carboxylic acids is 1. The van der Waals surface area contributed by atoms with Crippen LogP contribution in [0.2, 0.25) is 0 Å². The lowest BCUT2D eigenvalue weighted by Crippen LogP contribution is -2.37. The van der Waals surface area contributed by atoms with Crippen LogP contribution in [0, 0.1) is 0 Å². The molecular weight excluding hydrogens is 386 g/mol. The van der Waals surface area contributed by atoms with Gasteiger partial charge in [0, 0.05) is 38.3 Å². The van der Waals surface area contributed by atoms with Crippen molar-refractivity contribution in [3.63, 3.8) is 0 Å². The first-order valence-corrected chi connectivity index (χ1v) is 11.2. The second-order valence-electron chi connectivity index (χ2n) is 8.37. The summed E-state index contributed by atoms with van der Waals surface area (Å²) in [4.78, 5) is 30.8. The molecule has 2 aromatic carbocycles. The summed E-state index contributed by atoms with van der Waals surface area (Å²) < 4.78 is 1.72. The second kappa shape index (κ2) is 8.96. The maximum absolute atomic E-state index is 13.5. The van der Waals surface area contributed by atoms with Crippen molar-refractivity contribution in [3.05, 3.63) is 70.0 Å². The minimum atomic E-state index is -0.0742. The highest BCUT2D eigenvalue weighted by molar-refractivity contribution is 6.00. The fourth-order valence-electron chi connectivity index (χ4n) is 4.69. The molecule has 0 saturated carbocycles. The molecule has 0 N–H and O–H groups in total. The standard InChI is InChI=1S/C26H31N3O2/c1-4-19-12-11-15-22-24(19)25(29-16-9-6-10-17-29)21(26(31)28(22)3)18-23(30)27(2)20-13-7-5-8-14-20/h5,7-8,11-15H,4,6,9-10,16-18H2,1-3H3. The van der Waals surface area contributed by atoms with Crippen molar-refractivity contribution in [3.8, 4) is 0 Å². The molecule has 0 spiro atoms. The number of amides is 1. The lowest BCUT2D eigenvalue weighted by atomic mass is 9.97. The highest BCUT2D eigenvalue weighted by atomic mass is 16.2. The Kier molecular flexibility index (Phi) is 6.12. The summed E-state index contributed by atoms with van der Waals surface area (Å²) >= 11 is 0. The fourth-order valence-corrected chi connectivity index (χ4v) is 4.69. The Labute approximate surface area is 183 Å². The number of hydrogen-bond donors (Lipinski definition) is 0. The van der Waals surface area contributed by atoms with E-state index in [0.29, 0.717) is 5.56 Å². The van der Waals surface area contributed by atoms with Crippen molar-refractivity contribution in [2.24, 2.45) is 7.05 Å². The van der Waals surface area contributed by atoms with Crippen LogP contribution < -0.4 is 15.4 Å². The molecule has 3 aromatic rings. The minimum absolute atomic E-state index is 0.0730. The Morgan fingerprint density at radius 1 is 1.00 bits per heavy atom. The van der Waals surface area contributed by atoms with Gasteiger partial charge in [0.1, 0.15) is 0 Å². The van der Waals surface area contributed by atoms with Gasteiger partial charge in [-0.3, -0.25) is 9.59 Å². The van der Waals surface area contributed by atoms with Gasteiger partial charge in [-0.05, 0) is 49.4 Å². The van der Waals surface area contributed by atoms with E-state index in [9.17, 15) is 9.59 Å². The quantitative estimate of drug-likeness (QED) is 0.622. The second-order valence-corrected chi connectivity index (χ2v) is 8.37. The topological polar surface area (TPSA) is 45.6 Å². The molecule has 0 bridgehead atoms. The van der Waals surface area contributed by atoms with Crippen molar-refractivity contribution in [1.82, 2.24) is 4.57 Å². The van der Waals surface area contributed by atoms with Crippen LogP contribution in [-0.2, 0) is 24.7 Å². The number of aromatic nitrogens is 1. The van der Waals surface area contributed by atoms with Gasteiger partial charge in [-0.2, -0.15) is 0 Å². The number of hydrogen-bond acceptors (Lipinski definition) is 3. The van der Waals surface area contributed by atoms with E-state index in [4.69, 9.17) is 0 Å². The molecule has 5 heteroatoms. The van der Waals surface area contributed by atoms with Crippen LogP contribution in [0.1, 0.15) is 37.3 Å². The number of aryl methyl sites for hydroxylation is 2. The first kappa shape index (κ1) is 21.2. The molecule has 0 atom stereocenters. The minimum Gasteiger partial charge on any atom is -0.371 e. The smallest absolute Gasteiger partial charge is 0.256 e. The third-order valence-electron chi connectivity index (χ3n) is 6.47. The third-order valence-corrected chi connectivity index (χ3v) is 6.47. The number of rotatable bonds is 5. The number of nitrogens with zero attached hydrogens (tertiary/aromatic N) is 3. The van der Waals surface area contributed by atoms with Gasteiger partial charge in [-0.1, -0.05) is 37.3 Å². The summed E-state index contributed by atoms with van der Waals surface area (Å²) in [6.45, 7) is 4.00. The summed E-state index contributed by atoms with van der Waals surface area (Å²) in [5, 5.41) is 1.12. The van der Waals surface area contributed by atoms with Crippen molar-refractivity contribution in [1.29, 1.82) is 0 Å². The van der Waals surface area contributed by atoms with E-state index in [1.54, 1.807) is 16.5 Å². The number of likely N-dealkylation sites (N-methyl/N-ethyl adjacent to an activating group) is 1. The van der Waals surface area contributed by atoms with Crippen LogP contribution >= 0.6 is 0 Å². The number of anilines is 2. The Hall–Kier alpha value is -3.08. The van der Waals surface area contributed by atoms with Gasteiger partial charge in [0.25, 0.3) is 5.56 Å². The highest BCUT2D eigenvalue weighted by Gasteiger charge is 2.25. The molecule has 0 aliphatic carbocycles. The summed E-state index contributed by atoms with van der Waals surface area (Å²) in [7, 11) is 3.60. The molecule has 4 rings (SSSR count). The number of fused-ring (bicyclic) bond motifs is 1. The predicted molar refractivity (Wildman–Crippen MR) is 128 cm³/mol. The zero-order valence-electron chi connectivity index (χ0n) is 18.7. The Morgan fingerprint density at radius 3 is 2.39 bits per heavy atom. The number of carbonyl (C=O) groups is 1. The molecule has 162 valence electrons. The Morgan fingerprint density at radius 2 is 1.71 bits per heavy atom. The van der Waals surface area contributed by atoms with Crippen LogP contribution in [-0.4, -0.2) is 30.6 Å². The molecule has 0 radical (unpaired) electrons. The molecule has 5 nitrogen and oxygen atoms in total. The van der Waals surface area contributed by atoms with E-state index in [0.717, 1.165) is 54.6 Å². The average Bonchev–Trinajstić information content (AvgIpc) is 2.82. The lowest BCUT2D eigenvalue weighted by Gasteiger charge is -2.33. The maximum atomic E-state index is 13.5.